The van der Waals surface area contributed by atoms with Gasteiger partial charge in [-0.3, -0.25) is 4.79 Å². The van der Waals surface area contributed by atoms with Crippen LogP contribution < -0.4 is 5.73 Å². The van der Waals surface area contributed by atoms with E-state index in [1.807, 2.05) is 30.3 Å². The van der Waals surface area contributed by atoms with Crippen molar-refractivity contribution in [3.05, 3.63) is 35.9 Å². The minimum absolute atomic E-state index is 0.0586. The average molecular weight is 248 g/mol. The van der Waals surface area contributed by atoms with E-state index in [0.29, 0.717) is 6.54 Å². The minimum Gasteiger partial charge on any atom is -0.376 e. The number of rotatable bonds is 4. The molecule has 18 heavy (non-hydrogen) atoms. The Bertz CT molecular complexity index is 388. The van der Waals surface area contributed by atoms with E-state index in [-0.39, 0.29) is 12.0 Å². The van der Waals surface area contributed by atoms with Crippen molar-refractivity contribution in [2.24, 2.45) is 5.73 Å². The zero-order chi connectivity index (χ0) is 13.0. The predicted octanol–water partition coefficient (Wildman–Crippen LogP) is 1.32. The van der Waals surface area contributed by atoms with Gasteiger partial charge in [0.1, 0.15) is 6.04 Å². The summed E-state index contributed by atoms with van der Waals surface area (Å²) in [6, 6.07) is 8.87. The lowest BCUT2D eigenvalue weighted by Crippen LogP contribution is -2.39. The molecule has 2 atom stereocenters. The van der Waals surface area contributed by atoms with Crippen LogP contribution in [0.25, 0.3) is 0 Å². The molecule has 0 radical (unpaired) electrons. The third kappa shape index (κ3) is 3.09. The maximum Gasteiger partial charge on any atom is 0.243 e. The standard InChI is InChI=1S/C14H20N2O2/c1-16(10-12-8-5-9-18-12)14(17)13(15)11-6-3-2-4-7-11/h2-4,6-7,12-13H,5,8-10,15H2,1H3. The van der Waals surface area contributed by atoms with Crippen molar-refractivity contribution in [2.75, 3.05) is 20.2 Å². The number of carbonyl (C=O) groups excluding carboxylic acids is 1. The number of benzene rings is 1. The second-order valence-corrected chi connectivity index (χ2v) is 4.74. The highest BCUT2D eigenvalue weighted by Crippen LogP contribution is 2.16. The molecule has 0 saturated carbocycles. The lowest BCUT2D eigenvalue weighted by molar-refractivity contribution is -0.132. The molecule has 0 spiro atoms. The monoisotopic (exact) mass is 248 g/mol. The fraction of sp³-hybridized carbons (Fsp3) is 0.500. The molecule has 1 heterocycles. The van der Waals surface area contributed by atoms with Crippen LogP contribution in [0, 0.1) is 0 Å². The summed E-state index contributed by atoms with van der Waals surface area (Å²) >= 11 is 0. The van der Waals surface area contributed by atoms with Gasteiger partial charge < -0.3 is 15.4 Å². The molecule has 1 aliphatic heterocycles. The van der Waals surface area contributed by atoms with E-state index in [4.69, 9.17) is 10.5 Å². The van der Waals surface area contributed by atoms with Crippen molar-refractivity contribution in [1.29, 1.82) is 0 Å². The van der Waals surface area contributed by atoms with E-state index < -0.39 is 6.04 Å². The van der Waals surface area contributed by atoms with Crippen molar-refractivity contribution in [3.8, 4) is 0 Å². The highest BCUT2D eigenvalue weighted by molar-refractivity contribution is 5.82. The smallest absolute Gasteiger partial charge is 0.243 e. The quantitative estimate of drug-likeness (QED) is 0.874. The van der Waals surface area contributed by atoms with Gasteiger partial charge in [-0.15, -0.1) is 0 Å². The average Bonchev–Trinajstić information content (AvgIpc) is 2.91. The third-order valence-corrected chi connectivity index (χ3v) is 3.30. The number of ether oxygens (including phenoxy) is 1. The lowest BCUT2D eigenvalue weighted by atomic mass is 10.1. The molecule has 4 nitrogen and oxygen atoms in total. The lowest BCUT2D eigenvalue weighted by Gasteiger charge is -2.24. The summed E-state index contributed by atoms with van der Waals surface area (Å²) in [7, 11) is 1.78. The molecule has 1 aromatic rings. The van der Waals surface area contributed by atoms with E-state index in [0.717, 1.165) is 25.0 Å². The second kappa shape index (κ2) is 5.98. The van der Waals surface area contributed by atoms with Gasteiger partial charge >= 0.3 is 0 Å². The molecule has 0 aliphatic carbocycles. The van der Waals surface area contributed by atoms with Crippen LogP contribution >= 0.6 is 0 Å². The summed E-state index contributed by atoms with van der Waals surface area (Å²) < 4.78 is 5.52. The molecule has 98 valence electrons. The van der Waals surface area contributed by atoms with Gasteiger partial charge in [0.05, 0.1) is 6.10 Å². The predicted molar refractivity (Wildman–Crippen MR) is 70.0 cm³/mol. The highest BCUT2D eigenvalue weighted by Gasteiger charge is 2.24. The minimum atomic E-state index is -0.586. The van der Waals surface area contributed by atoms with Gasteiger partial charge in [-0.1, -0.05) is 30.3 Å². The number of nitrogens with two attached hydrogens (primary N) is 1. The largest absolute Gasteiger partial charge is 0.376 e. The summed E-state index contributed by atoms with van der Waals surface area (Å²) in [5, 5.41) is 0. The summed E-state index contributed by atoms with van der Waals surface area (Å²) in [6.45, 7) is 1.43. The van der Waals surface area contributed by atoms with Gasteiger partial charge in [0.15, 0.2) is 0 Å². The van der Waals surface area contributed by atoms with Gasteiger partial charge in [0, 0.05) is 20.2 Å². The van der Waals surface area contributed by atoms with E-state index in [9.17, 15) is 4.79 Å². The Kier molecular flexibility index (Phi) is 4.33. The van der Waals surface area contributed by atoms with E-state index >= 15 is 0 Å². The fourth-order valence-electron chi connectivity index (χ4n) is 2.22. The van der Waals surface area contributed by atoms with Crippen LogP contribution in [-0.2, 0) is 9.53 Å². The first-order valence-corrected chi connectivity index (χ1v) is 6.35. The van der Waals surface area contributed by atoms with Crippen molar-refractivity contribution in [2.45, 2.75) is 25.0 Å². The summed E-state index contributed by atoms with van der Waals surface area (Å²) in [6.07, 6.45) is 2.28. The van der Waals surface area contributed by atoms with Gasteiger partial charge in [-0.2, -0.15) is 0 Å². The second-order valence-electron chi connectivity index (χ2n) is 4.74. The molecule has 0 bridgehead atoms. The van der Waals surface area contributed by atoms with Crippen molar-refractivity contribution >= 4 is 5.91 Å². The molecule has 1 fully saturated rings. The number of nitrogens with zero attached hydrogens (tertiary/aromatic N) is 1. The van der Waals surface area contributed by atoms with E-state index in [2.05, 4.69) is 0 Å². The Hall–Kier alpha value is -1.39. The highest BCUT2D eigenvalue weighted by atomic mass is 16.5. The maximum atomic E-state index is 12.2. The van der Waals surface area contributed by atoms with Crippen LogP contribution in [-0.4, -0.2) is 37.1 Å². The number of carbonyl (C=O) groups is 1. The van der Waals surface area contributed by atoms with Gasteiger partial charge in [0.2, 0.25) is 5.91 Å². The molecule has 2 N–H and O–H groups in total. The summed E-state index contributed by atoms with van der Waals surface area (Å²) in [5.74, 6) is -0.0586. The number of likely N-dealkylation sites (N-methyl/N-ethyl adjacent to an activating group) is 1. The Morgan fingerprint density at radius 2 is 2.22 bits per heavy atom. The molecule has 2 unspecified atom stereocenters. The molecule has 4 heteroatoms. The van der Waals surface area contributed by atoms with E-state index in [1.54, 1.807) is 11.9 Å². The first kappa shape index (κ1) is 13.1. The first-order valence-electron chi connectivity index (χ1n) is 6.35. The summed E-state index contributed by atoms with van der Waals surface area (Å²) in [5.41, 5.74) is 6.83. The number of hydrogen-bond donors (Lipinski definition) is 1. The normalized spacial score (nSPS) is 20.7. The topological polar surface area (TPSA) is 55.6 Å². The zero-order valence-electron chi connectivity index (χ0n) is 10.7. The SMILES string of the molecule is CN(CC1CCCO1)C(=O)C(N)c1ccccc1. The van der Waals surface area contributed by atoms with Crippen molar-refractivity contribution in [3.63, 3.8) is 0 Å². The van der Waals surface area contributed by atoms with E-state index in [1.165, 1.54) is 0 Å². The van der Waals surface area contributed by atoms with Crippen LogP contribution in [0.4, 0.5) is 0 Å². The zero-order valence-corrected chi connectivity index (χ0v) is 10.7. The fourth-order valence-corrected chi connectivity index (χ4v) is 2.22. The van der Waals surface area contributed by atoms with Crippen LogP contribution in [0.1, 0.15) is 24.4 Å². The Morgan fingerprint density at radius 3 is 2.83 bits per heavy atom. The van der Waals surface area contributed by atoms with Crippen LogP contribution in [0.2, 0.25) is 0 Å². The molecule has 1 aromatic carbocycles. The third-order valence-electron chi connectivity index (χ3n) is 3.30. The molecule has 1 saturated heterocycles. The van der Waals surface area contributed by atoms with Crippen molar-refractivity contribution in [1.82, 2.24) is 4.90 Å². The molecule has 1 amide bonds. The molecule has 1 aliphatic rings. The number of hydrogen-bond acceptors (Lipinski definition) is 3. The maximum absolute atomic E-state index is 12.2. The van der Waals surface area contributed by atoms with Crippen molar-refractivity contribution < 1.29 is 9.53 Å². The summed E-state index contributed by atoms with van der Waals surface area (Å²) in [4.78, 5) is 13.9. The molecule has 2 rings (SSSR count). The molecule has 0 aromatic heterocycles. The Labute approximate surface area is 108 Å². The molecular weight excluding hydrogens is 228 g/mol. The van der Waals surface area contributed by atoms with Crippen LogP contribution in [0.5, 0.6) is 0 Å². The van der Waals surface area contributed by atoms with Gasteiger partial charge in [-0.25, -0.2) is 0 Å². The van der Waals surface area contributed by atoms with Crippen LogP contribution in [0.3, 0.4) is 0 Å². The molecular formula is C14H20N2O2. The first-order chi connectivity index (χ1) is 8.68. The Morgan fingerprint density at radius 1 is 1.50 bits per heavy atom. The Balaban J connectivity index is 1.93. The van der Waals surface area contributed by atoms with Crippen LogP contribution in [0.15, 0.2) is 30.3 Å². The van der Waals surface area contributed by atoms with Gasteiger partial charge in [0.25, 0.3) is 0 Å². The number of amides is 1. The van der Waals surface area contributed by atoms with Gasteiger partial charge in [-0.05, 0) is 18.4 Å².